The third-order valence-electron chi connectivity index (χ3n) is 3.91. The smallest absolute Gasteiger partial charge is 0.161 e. The molecule has 0 spiro atoms. The average molecular weight is 369 g/mol. The average Bonchev–Trinajstić information content (AvgIpc) is 2.69. The molecule has 26 heavy (non-hydrogen) atoms. The van der Waals surface area contributed by atoms with E-state index in [1.165, 1.54) is 5.56 Å². The number of pyridine rings is 1. The summed E-state index contributed by atoms with van der Waals surface area (Å²) in [6, 6.07) is 19.9. The first-order valence-corrected chi connectivity index (χ1v) is 8.77. The van der Waals surface area contributed by atoms with Crippen molar-refractivity contribution in [3.05, 3.63) is 88.7 Å². The van der Waals surface area contributed by atoms with Crippen LogP contribution in [0.4, 0.5) is 0 Å². The van der Waals surface area contributed by atoms with Gasteiger partial charge in [0.1, 0.15) is 11.8 Å². The maximum absolute atomic E-state index is 5.85. The molecule has 0 saturated carbocycles. The van der Waals surface area contributed by atoms with E-state index in [-0.39, 0.29) is 0 Å². The Bertz CT molecular complexity index is 823. The van der Waals surface area contributed by atoms with Gasteiger partial charge in [0, 0.05) is 24.8 Å². The summed E-state index contributed by atoms with van der Waals surface area (Å²) in [6.07, 6.45) is 1.71. The number of nitrogens with zero attached hydrogens (tertiary/aromatic N) is 1. The van der Waals surface area contributed by atoms with Crippen LogP contribution in [0.3, 0.4) is 0 Å². The van der Waals surface area contributed by atoms with Gasteiger partial charge in [-0.25, -0.2) is 4.98 Å². The zero-order chi connectivity index (χ0) is 18.2. The van der Waals surface area contributed by atoms with Gasteiger partial charge in [0.05, 0.1) is 7.11 Å². The van der Waals surface area contributed by atoms with Crippen LogP contribution in [0.1, 0.15) is 16.7 Å². The first kappa shape index (κ1) is 18.2. The Labute approximate surface area is 158 Å². The molecule has 1 heterocycles. The summed E-state index contributed by atoms with van der Waals surface area (Å²) in [5, 5.41) is 3.91. The van der Waals surface area contributed by atoms with Crippen LogP contribution in [0.5, 0.6) is 11.5 Å². The van der Waals surface area contributed by atoms with Gasteiger partial charge in [-0.15, -0.1) is 0 Å². The van der Waals surface area contributed by atoms with Gasteiger partial charge in [-0.3, -0.25) is 0 Å². The summed E-state index contributed by atoms with van der Waals surface area (Å²) in [7, 11) is 1.65. The molecule has 2 aromatic carbocycles. The summed E-state index contributed by atoms with van der Waals surface area (Å²) in [4.78, 5) is 4.05. The van der Waals surface area contributed by atoms with Gasteiger partial charge >= 0.3 is 0 Å². The fourth-order valence-corrected chi connectivity index (χ4v) is 2.65. The van der Waals surface area contributed by atoms with Crippen LogP contribution in [0, 0.1) is 0 Å². The zero-order valence-electron chi connectivity index (χ0n) is 14.6. The standard InChI is InChI=1S/C21H21ClN2O2/c1-25-20-11-17(13-23-12-16-5-3-2-4-6-16)7-9-19(20)26-15-18-8-10-21(22)24-14-18/h2-11,14,23H,12-13,15H2,1H3. The van der Waals surface area contributed by atoms with Gasteiger partial charge in [-0.05, 0) is 29.3 Å². The van der Waals surface area contributed by atoms with Crippen molar-refractivity contribution in [2.75, 3.05) is 7.11 Å². The lowest BCUT2D eigenvalue weighted by Gasteiger charge is -2.13. The molecule has 3 rings (SSSR count). The lowest BCUT2D eigenvalue weighted by molar-refractivity contribution is 0.284. The van der Waals surface area contributed by atoms with Crippen molar-refractivity contribution in [2.24, 2.45) is 0 Å². The SMILES string of the molecule is COc1cc(CNCc2ccccc2)ccc1OCc1ccc(Cl)nc1. The van der Waals surface area contributed by atoms with Gasteiger partial charge in [-0.1, -0.05) is 54.1 Å². The van der Waals surface area contributed by atoms with E-state index in [1.54, 1.807) is 19.4 Å². The lowest BCUT2D eigenvalue weighted by atomic mass is 10.2. The molecule has 134 valence electrons. The maximum atomic E-state index is 5.85. The highest BCUT2D eigenvalue weighted by Crippen LogP contribution is 2.29. The first-order chi connectivity index (χ1) is 12.7. The molecule has 0 atom stereocenters. The van der Waals surface area contributed by atoms with E-state index in [0.29, 0.717) is 23.3 Å². The molecule has 5 heteroatoms. The highest BCUT2D eigenvalue weighted by atomic mass is 35.5. The van der Waals surface area contributed by atoms with Crippen LogP contribution in [0.2, 0.25) is 5.15 Å². The van der Waals surface area contributed by atoms with Crippen LogP contribution in [-0.4, -0.2) is 12.1 Å². The molecule has 0 aliphatic rings. The summed E-state index contributed by atoms with van der Waals surface area (Å²) < 4.78 is 11.3. The topological polar surface area (TPSA) is 43.4 Å². The number of halogens is 1. The molecular weight excluding hydrogens is 348 g/mol. The first-order valence-electron chi connectivity index (χ1n) is 8.39. The minimum atomic E-state index is 0.409. The van der Waals surface area contributed by atoms with Gasteiger partial charge < -0.3 is 14.8 Å². The minimum Gasteiger partial charge on any atom is -0.493 e. The summed E-state index contributed by atoms with van der Waals surface area (Å²) in [5.41, 5.74) is 3.35. The van der Waals surface area contributed by atoms with E-state index in [9.17, 15) is 0 Å². The quantitative estimate of drug-likeness (QED) is 0.589. The zero-order valence-corrected chi connectivity index (χ0v) is 15.4. The normalized spacial score (nSPS) is 10.5. The Morgan fingerprint density at radius 2 is 1.65 bits per heavy atom. The lowest BCUT2D eigenvalue weighted by Crippen LogP contribution is -2.12. The van der Waals surface area contributed by atoms with Crippen LogP contribution in [-0.2, 0) is 19.7 Å². The summed E-state index contributed by atoms with van der Waals surface area (Å²) in [5.74, 6) is 1.42. The van der Waals surface area contributed by atoms with Crippen LogP contribution in [0.15, 0.2) is 66.9 Å². The molecular formula is C21H21ClN2O2. The predicted octanol–water partition coefficient (Wildman–Crippen LogP) is 4.61. The predicted molar refractivity (Wildman–Crippen MR) is 104 cm³/mol. The largest absolute Gasteiger partial charge is 0.493 e. The van der Waals surface area contributed by atoms with E-state index in [1.807, 2.05) is 42.5 Å². The second-order valence-corrected chi connectivity index (χ2v) is 6.24. The molecule has 0 fully saturated rings. The van der Waals surface area contributed by atoms with Crippen LogP contribution in [0.25, 0.3) is 0 Å². The number of hydrogen-bond acceptors (Lipinski definition) is 4. The van der Waals surface area contributed by atoms with E-state index >= 15 is 0 Å². The number of hydrogen-bond donors (Lipinski definition) is 1. The minimum absolute atomic E-state index is 0.409. The Morgan fingerprint density at radius 1 is 0.885 bits per heavy atom. The molecule has 0 unspecified atom stereocenters. The number of rotatable bonds is 8. The number of nitrogens with one attached hydrogen (secondary N) is 1. The monoisotopic (exact) mass is 368 g/mol. The molecule has 3 aromatic rings. The van der Waals surface area contributed by atoms with Gasteiger partial charge in [0.2, 0.25) is 0 Å². The second-order valence-electron chi connectivity index (χ2n) is 5.85. The van der Waals surface area contributed by atoms with E-state index < -0.39 is 0 Å². The van der Waals surface area contributed by atoms with Crippen molar-refractivity contribution in [1.29, 1.82) is 0 Å². The van der Waals surface area contributed by atoms with Crippen molar-refractivity contribution >= 4 is 11.6 Å². The van der Waals surface area contributed by atoms with Crippen molar-refractivity contribution in [3.8, 4) is 11.5 Å². The summed E-state index contributed by atoms with van der Waals surface area (Å²) >= 11 is 5.80. The van der Waals surface area contributed by atoms with Crippen molar-refractivity contribution < 1.29 is 9.47 Å². The summed E-state index contributed by atoms with van der Waals surface area (Å²) in [6.45, 7) is 1.99. The number of ether oxygens (including phenoxy) is 2. The second kappa shape index (κ2) is 9.22. The third-order valence-corrected chi connectivity index (χ3v) is 4.14. The van der Waals surface area contributed by atoms with Crippen molar-refractivity contribution in [2.45, 2.75) is 19.7 Å². The highest BCUT2D eigenvalue weighted by Gasteiger charge is 2.07. The number of methoxy groups -OCH3 is 1. The van der Waals surface area contributed by atoms with E-state index in [0.717, 1.165) is 24.2 Å². The fourth-order valence-electron chi connectivity index (χ4n) is 2.54. The van der Waals surface area contributed by atoms with Crippen LogP contribution < -0.4 is 14.8 Å². The molecule has 0 radical (unpaired) electrons. The number of benzene rings is 2. The molecule has 0 amide bonds. The highest BCUT2D eigenvalue weighted by molar-refractivity contribution is 6.29. The Kier molecular flexibility index (Phi) is 6.47. The van der Waals surface area contributed by atoms with Crippen molar-refractivity contribution in [1.82, 2.24) is 10.3 Å². The van der Waals surface area contributed by atoms with Gasteiger partial charge in [0.25, 0.3) is 0 Å². The Morgan fingerprint density at radius 3 is 2.38 bits per heavy atom. The van der Waals surface area contributed by atoms with Crippen molar-refractivity contribution in [3.63, 3.8) is 0 Å². The molecule has 0 bridgehead atoms. The molecule has 0 aliphatic heterocycles. The Balaban J connectivity index is 1.57. The molecule has 0 aliphatic carbocycles. The van der Waals surface area contributed by atoms with E-state index in [2.05, 4.69) is 22.4 Å². The molecule has 1 aromatic heterocycles. The fraction of sp³-hybridized carbons (Fsp3) is 0.190. The molecule has 1 N–H and O–H groups in total. The van der Waals surface area contributed by atoms with E-state index in [4.69, 9.17) is 21.1 Å². The van der Waals surface area contributed by atoms with Gasteiger partial charge in [0.15, 0.2) is 11.5 Å². The molecule has 4 nitrogen and oxygen atoms in total. The maximum Gasteiger partial charge on any atom is 0.161 e. The van der Waals surface area contributed by atoms with Crippen LogP contribution >= 0.6 is 11.6 Å². The third kappa shape index (κ3) is 5.22. The number of aromatic nitrogens is 1. The van der Waals surface area contributed by atoms with Gasteiger partial charge in [-0.2, -0.15) is 0 Å². The molecule has 0 saturated heterocycles. The Hall–Kier alpha value is -2.56.